The molecule has 3 aromatic rings. The summed E-state index contributed by atoms with van der Waals surface area (Å²) in [7, 11) is 1.61. The molecule has 7 heteroatoms. The Morgan fingerprint density at radius 2 is 1.86 bits per heavy atom. The Morgan fingerprint density at radius 3 is 2.55 bits per heavy atom. The molecule has 0 bridgehead atoms. The molecule has 150 valence electrons. The van der Waals surface area contributed by atoms with Crippen molar-refractivity contribution in [2.75, 3.05) is 13.7 Å². The molecule has 0 radical (unpaired) electrons. The molecular formula is C22H24N4O3. The molecule has 0 fully saturated rings. The molecule has 0 unspecified atom stereocenters. The van der Waals surface area contributed by atoms with Crippen molar-refractivity contribution >= 4 is 12.1 Å². The number of rotatable bonds is 8. The molecule has 1 heterocycles. The van der Waals surface area contributed by atoms with Crippen LogP contribution in [-0.4, -0.2) is 35.6 Å². The first-order valence-corrected chi connectivity index (χ1v) is 9.25. The van der Waals surface area contributed by atoms with E-state index < -0.39 is 0 Å². The number of hydrogen-bond donors (Lipinski definition) is 1. The minimum absolute atomic E-state index is 0.155. The summed E-state index contributed by atoms with van der Waals surface area (Å²) in [5, 5.41) is 11.3. The standard InChI is InChI=1S/C22H24N4O3/c1-16-21(17(2)26(25-16)19-7-5-4-6-8-19)14-23-22(27)15-29-24-13-18-9-11-20(28-3)12-10-18/h4-13H,14-15H2,1-3H3,(H,23,27)/b24-13-. The first-order valence-electron chi connectivity index (χ1n) is 9.25. The van der Waals surface area contributed by atoms with Crippen LogP contribution in [0.2, 0.25) is 0 Å². The SMILES string of the molecule is COc1ccc(/C=N\OCC(=O)NCc2c(C)nn(-c3ccccc3)c2C)cc1. The van der Waals surface area contributed by atoms with Crippen LogP contribution in [0.15, 0.2) is 59.8 Å². The second-order valence-corrected chi connectivity index (χ2v) is 6.45. The van der Waals surface area contributed by atoms with Crippen molar-refractivity contribution in [3.8, 4) is 11.4 Å². The quantitative estimate of drug-likeness (QED) is 0.472. The fourth-order valence-electron chi connectivity index (χ4n) is 2.87. The maximum absolute atomic E-state index is 12.1. The van der Waals surface area contributed by atoms with Crippen LogP contribution >= 0.6 is 0 Å². The van der Waals surface area contributed by atoms with Gasteiger partial charge in [0.2, 0.25) is 0 Å². The van der Waals surface area contributed by atoms with Gasteiger partial charge >= 0.3 is 0 Å². The van der Waals surface area contributed by atoms with Crippen molar-refractivity contribution in [2.24, 2.45) is 5.16 Å². The minimum Gasteiger partial charge on any atom is -0.497 e. The number of methoxy groups -OCH3 is 1. The van der Waals surface area contributed by atoms with E-state index in [1.165, 1.54) is 0 Å². The number of aryl methyl sites for hydroxylation is 1. The first-order chi connectivity index (χ1) is 14.1. The summed E-state index contributed by atoms with van der Waals surface area (Å²) in [6.07, 6.45) is 1.55. The van der Waals surface area contributed by atoms with Gasteiger partial charge in [0.15, 0.2) is 6.61 Å². The van der Waals surface area contributed by atoms with Crippen LogP contribution in [0.25, 0.3) is 5.69 Å². The summed E-state index contributed by atoms with van der Waals surface area (Å²) in [5.41, 5.74) is 4.70. The van der Waals surface area contributed by atoms with Gasteiger partial charge in [-0.05, 0) is 55.8 Å². The average molecular weight is 392 g/mol. The second-order valence-electron chi connectivity index (χ2n) is 6.45. The van der Waals surface area contributed by atoms with E-state index in [4.69, 9.17) is 9.57 Å². The molecule has 2 aromatic carbocycles. The topological polar surface area (TPSA) is 77.7 Å². The maximum Gasteiger partial charge on any atom is 0.261 e. The lowest BCUT2D eigenvalue weighted by Crippen LogP contribution is -2.26. The van der Waals surface area contributed by atoms with Crippen molar-refractivity contribution < 1.29 is 14.4 Å². The molecule has 0 atom stereocenters. The number of carbonyl (C=O) groups is 1. The van der Waals surface area contributed by atoms with Gasteiger partial charge in [-0.2, -0.15) is 5.10 Å². The molecule has 0 aliphatic rings. The summed E-state index contributed by atoms with van der Waals surface area (Å²) in [5.74, 6) is 0.520. The van der Waals surface area contributed by atoms with Crippen molar-refractivity contribution in [1.82, 2.24) is 15.1 Å². The number of para-hydroxylation sites is 1. The third kappa shape index (κ3) is 5.22. The van der Waals surface area contributed by atoms with E-state index in [2.05, 4.69) is 15.6 Å². The van der Waals surface area contributed by atoms with Crippen LogP contribution in [0.1, 0.15) is 22.5 Å². The van der Waals surface area contributed by atoms with Crippen LogP contribution in [0.3, 0.4) is 0 Å². The van der Waals surface area contributed by atoms with Gasteiger partial charge in [0.1, 0.15) is 5.75 Å². The number of amides is 1. The van der Waals surface area contributed by atoms with Gasteiger partial charge in [-0.3, -0.25) is 4.79 Å². The van der Waals surface area contributed by atoms with E-state index in [0.29, 0.717) is 6.54 Å². The summed E-state index contributed by atoms with van der Waals surface area (Å²) in [6, 6.07) is 17.3. The van der Waals surface area contributed by atoms with Gasteiger partial charge in [-0.25, -0.2) is 4.68 Å². The molecule has 7 nitrogen and oxygen atoms in total. The lowest BCUT2D eigenvalue weighted by molar-refractivity contribution is -0.125. The molecule has 1 N–H and O–H groups in total. The molecule has 0 aliphatic carbocycles. The Morgan fingerprint density at radius 1 is 1.14 bits per heavy atom. The summed E-state index contributed by atoms with van der Waals surface area (Å²) < 4.78 is 6.98. The number of nitrogens with zero attached hydrogens (tertiary/aromatic N) is 3. The third-order valence-corrected chi connectivity index (χ3v) is 4.49. The highest BCUT2D eigenvalue weighted by Crippen LogP contribution is 2.17. The number of carbonyl (C=O) groups excluding carboxylic acids is 1. The van der Waals surface area contributed by atoms with Crippen molar-refractivity contribution in [3.63, 3.8) is 0 Å². The largest absolute Gasteiger partial charge is 0.497 e. The maximum atomic E-state index is 12.1. The molecule has 0 saturated carbocycles. The fourth-order valence-corrected chi connectivity index (χ4v) is 2.87. The van der Waals surface area contributed by atoms with Crippen LogP contribution in [0.4, 0.5) is 0 Å². The number of ether oxygens (including phenoxy) is 1. The summed E-state index contributed by atoms with van der Waals surface area (Å²) in [4.78, 5) is 17.1. The Labute approximate surface area is 169 Å². The van der Waals surface area contributed by atoms with Gasteiger partial charge in [0, 0.05) is 17.8 Å². The predicted octanol–water partition coefficient (Wildman–Crippen LogP) is 3.16. The lowest BCUT2D eigenvalue weighted by Gasteiger charge is -2.07. The van der Waals surface area contributed by atoms with Crippen LogP contribution in [-0.2, 0) is 16.2 Å². The van der Waals surface area contributed by atoms with Crippen LogP contribution < -0.4 is 10.1 Å². The zero-order chi connectivity index (χ0) is 20.6. The number of benzene rings is 2. The van der Waals surface area contributed by atoms with Gasteiger partial charge in [0.25, 0.3) is 5.91 Å². The van der Waals surface area contributed by atoms with E-state index in [-0.39, 0.29) is 12.5 Å². The van der Waals surface area contributed by atoms with E-state index in [1.807, 2.05) is 73.1 Å². The van der Waals surface area contributed by atoms with E-state index >= 15 is 0 Å². The van der Waals surface area contributed by atoms with Crippen molar-refractivity contribution in [3.05, 3.63) is 77.1 Å². The summed E-state index contributed by atoms with van der Waals surface area (Å²) in [6.45, 7) is 4.15. The van der Waals surface area contributed by atoms with Gasteiger partial charge in [0.05, 0.1) is 24.7 Å². The Kier molecular flexibility index (Phi) is 6.63. The van der Waals surface area contributed by atoms with Crippen molar-refractivity contribution in [2.45, 2.75) is 20.4 Å². The predicted molar refractivity (Wildman–Crippen MR) is 111 cm³/mol. The number of nitrogens with one attached hydrogen (secondary N) is 1. The highest BCUT2D eigenvalue weighted by Gasteiger charge is 2.13. The van der Waals surface area contributed by atoms with Gasteiger partial charge in [-0.15, -0.1) is 0 Å². The highest BCUT2D eigenvalue weighted by atomic mass is 16.6. The smallest absolute Gasteiger partial charge is 0.261 e. The zero-order valence-corrected chi connectivity index (χ0v) is 16.8. The number of oxime groups is 1. The molecule has 0 spiro atoms. The normalized spacial score (nSPS) is 10.9. The molecule has 29 heavy (non-hydrogen) atoms. The van der Waals surface area contributed by atoms with Gasteiger partial charge < -0.3 is 14.9 Å². The Hall–Kier alpha value is -3.61. The second kappa shape index (κ2) is 9.54. The van der Waals surface area contributed by atoms with E-state index in [0.717, 1.165) is 34.0 Å². The molecular weight excluding hydrogens is 368 g/mol. The van der Waals surface area contributed by atoms with Crippen LogP contribution in [0, 0.1) is 13.8 Å². The molecule has 3 rings (SSSR count). The fraction of sp³-hybridized carbons (Fsp3) is 0.227. The molecule has 1 aromatic heterocycles. The van der Waals surface area contributed by atoms with Crippen molar-refractivity contribution in [1.29, 1.82) is 0 Å². The van der Waals surface area contributed by atoms with Crippen LogP contribution in [0.5, 0.6) is 5.75 Å². The lowest BCUT2D eigenvalue weighted by atomic mass is 10.2. The van der Waals surface area contributed by atoms with E-state index in [9.17, 15) is 4.79 Å². The van der Waals surface area contributed by atoms with Gasteiger partial charge in [-0.1, -0.05) is 23.4 Å². The Bertz CT molecular complexity index is 979. The minimum atomic E-state index is -0.247. The monoisotopic (exact) mass is 392 g/mol. The summed E-state index contributed by atoms with van der Waals surface area (Å²) >= 11 is 0. The Balaban J connectivity index is 1.50. The first kappa shape index (κ1) is 20.1. The third-order valence-electron chi connectivity index (χ3n) is 4.49. The molecule has 1 amide bonds. The van der Waals surface area contributed by atoms with E-state index in [1.54, 1.807) is 13.3 Å². The highest BCUT2D eigenvalue weighted by molar-refractivity contribution is 5.80. The molecule has 0 aliphatic heterocycles. The molecule has 0 saturated heterocycles. The number of aromatic nitrogens is 2. The number of hydrogen-bond acceptors (Lipinski definition) is 5. The average Bonchev–Trinajstić information content (AvgIpc) is 3.04. The zero-order valence-electron chi connectivity index (χ0n) is 16.8.